The van der Waals surface area contributed by atoms with Crippen LogP contribution in [-0.2, 0) is 13.2 Å². The molecular formula is C12H15N3O4. The van der Waals surface area contributed by atoms with Crippen LogP contribution in [0.15, 0.2) is 27.9 Å². The van der Waals surface area contributed by atoms with E-state index in [0.717, 1.165) is 0 Å². The van der Waals surface area contributed by atoms with E-state index >= 15 is 0 Å². The van der Waals surface area contributed by atoms with Gasteiger partial charge in [0.2, 0.25) is 11.2 Å². The van der Waals surface area contributed by atoms with Crippen molar-refractivity contribution >= 4 is 0 Å². The van der Waals surface area contributed by atoms with E-state index < -0.39 is 0 Å². The lowest BCUT2D eigenvalue weighted by Crippen LogP contribution is -2.13. The van der Waals surface area contributed by atoms with Crippen molar-refractivity contribution in [2.75, 3.05) is 0 Å². The van der Waals surface area contributed by atoms with E-state index in [1.807, 2.05) is 13.8 Å². The summed E-state index contributed by atoms with van der Waals surface area (Å²) in [5.41, 5.74) is -0.342. The molecule has 0 amide bonds. The van der Waals surface area contributed by atoms with Crippen LogP contribution in [0.3, 0.4) is 0 Å². The lowest BCUT2D eigenvalue weighted by molar-refractivity contribution is 0.233. The monoisotopic (exact) mass is 265 g/mol. The van der Waals surface area contributed by atoms with Gasteiger partial charge in [0.15, 0.2) is 5.82 Å². The van der Waals surface area contributed by atoms with Crippen LogP contribution in [0, 0.1) is 0 Å². The van der Waals surface area contributed by atoms with Gasteiger partial charge in [0, 0.05) is 12.1 Å². The normalized spacial score (nSPS) is 10.9. The Morgan fingerprint density at radius 1 is 1.53 bits per heavy atom. The molecule has 2 aromatic rings. The molecule has 2 rings (SSSR count). The zero-order chi connectivity index (χ0) is 13.8. The number of aliphatic hydroxyl groups is 1. The number of aliphatic hydroxyl groups excluding tert-OH is 1. The molecule has 0 radical (unpaired) electrons. The second-order valence-electron chi connectivity index (χ2n) is 4.24. The molecule has 0 spiro atoms. The van der Waals surface area contributed by atoms with E-state index in [0.29, 0.717) is 5.82 Å². The van der Waals surface area contributed by atoms with Crippen molar-refractivity contribution in [3.63, 3.8) is 0 Å². The van der Waals surface area contributed by atoms with Gasteiger partial charge in [0.05, 0.1) is 0 Å². The first kappa shape index (κ1) is 13.3. The zero-order valence-corrected chi connectivity index (χ0v) is 10.7. The molecule has 0 atom stereocenters. The minimum atomic E-state index is -0.342. The molecule has 0 aromatic carbocycles. The summed E-state index contributed by atoms with van der Waals surface area (Å²) in [4.78, 5) is 15.7. The maximum Gasteiger partial charge on any atom is 0.227 e. The highest BCUT2D eigenvalue weighted by Gasteiger charge is 2.10. The molecule has 7 nitrogen and oxygen atoms in total. The first-order valence-electron chi connectivity index (χ1n) is 5.85. The van der Waals surface area contributed by atoms with Gasteiger partial charge in [0.25, 0.3) is 0 Å². The van der Waals surface area contributed by atoms with Gasteiger partial charge in [-0.25, -0.2) is 9.67 Å². The summed E-state index contributed by atoms with van der Waals surface area (Å²) in [6, 6.07) is 1.36. The summed E-state index contributed by atoms with van der Waals surface area (Å²) in [5, 5.41) is 12.9. The van der Waals surface area contributed by atoms with Crippen LogP contribution < -0.4 is 10.2 Å². The Balaban J connectivity index is 2.10. The largest absolute Gasteiger partial charge is 0.478 e. The van der Waals surface area contributed by atoms with Crippen molar-refractivity contribution in [1.29, 1.82) is 0 Å². The van der Waals surface area contributed by atoms with E-state index in [1.165, 1.54) is 18.7 Å². The minimum Gasteiger partial charge on any atom is -0.478 e. The van der Waals surface area contributed by atoms with E-state index in [2.05, 4.69) is 10.1 Å². The Kier molecular flexibility index (Phi) is 3.96. The zero-order valence-electron chi connectivity index (χ0n) is 10.7. The maximum atomic E-state index is 11.6. The summed E-state index contributed by atoms with van der Waals surface area (Å²) < 4.78 is 12.1. The van der Waals surface area contributed by atoms with Crippen LogP contribution in [0.4, 0.5) is 0 Å². The third-order valence-corrected chi connectivity index (χ3v) is 2.50. The van der Waals surface area contributed by atoms with Crippen molar-refractivity contribution in [2.24, 2.45) is 0 Å². The van der Waals surface area contributed by atoms with Gasteiger partial charge >= 0.3 is 0 Å². The van der Waals surface area contributed by atoms with Gasteiger partial charge < -0.3 is 14.3 Å². The van der Waals surface area contributed by atoms with Crippen LogP contribution >= 0.6 is 0 Å². The van der Waals surface area contributed by atoms with Crippen molar-refractivity contribution in [3.05, 3.63) is 40.5 Å². The Hall–Kier alpha value is -2.15. The lowest BCUT2D eigenvalue weighted by Gasteiger charge is -2.09. The van der Waals surface area contributed by atoms with Crippen LogP contribution in [0.25, 0.3) is 0 Å². The second-order valence-corrected chi connectivity index (χ2v) is 4.24. The predicted molar refractivity (Wildman–Crippen MR) is 65.6 cm³/mol. The number of aromatic nitrogens is 3. The van der Waals surface area contributed by atoms with Crippen LogP contribution in [0.1, 0.15) is 31.5 Å². The van der Waals surface area contributed by atoms with Crippen molar-refractivity contribution in [1.82, 2.24) is 14.8 Å². The smallest absolute Gasteiger partial charge is 0.227 e. The van der Waals surface area contributed by atoms with Crippen LogP contribution in [-0.4, -0.2) is 19.9 Å². The maximum absolute atomic E-state index is 11.6. The first-order valence-corrected chi connectivity index (χ1v) is 5.85. The molecule has 0 aliphatic heterocycles. The van der Waals surface area contributed by atoms with E-state index in [4.69, 9.17) is 14.3 Å². The molecule has 0 saturated carbocycles. The van der Waals surface area contributed by atoms with Gasteiger partial charge in [-0.15, -0.1) is 0 Å². The molecule has 7 heteroatoms. The Morgan fingerprint density at radius 2 is 2.32 bits per heavy atom. The molecule has 0 bridgehead atoms. The van der Waals surface area contributed by atoms with Crippen molar-refractivity contribution in [2.45, 2.75) is 33.1 Å². The van der Waals surface area contributed by atoms with E-state index in [9.17, 15) is 4.79 Å². The highest BCUT2D eigenvalue weighted by Crippen LogP contribution is 2.10. The number of rotatable bonds is 5. The summed E-state index contributed by atoms with van der Waals surface area (Å²) >= 11 is 0. The van der Waals surface area contributed by atoms with Crippen LogP contribution in [0.5, 0.6) is 5.75 Å². The molecule has 19 heavy (non-hydrogen) atoms. The Bertz CT molecular complexity index is 603. The summed E-state index contributed by atoms with van der Waals surface area (Å²) in [5.74, 6) is 0.902. The summed E-state index contributed by atoms with van der Waals surface area (Å²) in [7, 11) is 0. The predicted octanol–water partition coefficient (Wildman–Crippen LogP) is 0.883. The van der Waals surface area contributed by atoms with Gasteiger partial charge in [-0.1, -0.05) is 0 Å². The lowest BCUT2D eigenvalue weighted by atomic mass is 10.4. The fourth-order valence-electron chi connectivity index (χ4n) is 1.58. The van der Waals surface area contributed by atoms with Gasteiger partial charge in [-0.2, -0.15) is 5.10 Å². The molecular weight excluding hydrogens is 250 g/mol. The topological polar surface area (TPSA) is 90.4 Å². The highest BCUT2D eigenvalue weighted by atomic mass is 16.5. The van der Waals surface area contributed by atoms with Gasteiger partial charge in [-0.05, 0) is 13.8 Å². The second kappa shape index (κ2) is 5.66. The standard InChI is InChI=1S/C12H15N3O4/c1-8(2)15-12(13-7-14-15)6-19-11-5-18-9(4-16)3-10(11)17/h3,5,7-8,16H,4,6H2,1-2H3. The summed E-state index contributed by atoms with van der Waals surface area (Å²) in [6.45, 7) is 3.75. The molecule has 2 aromatic heterocycles. The molecule has 0 aliphatic rings. The third-order valence-electron chi connectivity index (χ3n) is 2.50. The molecule has 0 aliphatic carbocycles. The average Bonchev–Trinajstić information content (AvgIpc) is 2.85. The Morgan fingerprint density at radius 3 is 2.95 bits per heavy atom. The quantitative estimate of drug-likeness (QED) is 0.863. The fourth-order valence-corrected chi connectivity index (χ4v) is 1.58. The summed E-state index contributed by atoms with van der Waals surface area (Å²) in [6.07, 6.45) is 2.63. The number of hydrogen-bond donors (Lipinski definition) is 1. The van der Waals surface area contributed by atoms with Crippen LogP contribution in [0.2, 0.25) is 0 Å². The molecule has 0 fully saturated rings. The molecule has 0 unspecified atom stereocenters. The van der Waals surface area contributed by atoms with E-state index in [1.54, 1.807) is 4.68 Å². The van der Waals surface area contributed by atoms with Crippen molar-refractivity contribution in [3.8, 4) is 5.75 Å². The molecule has 102 valence electrons. The third kappa shape index (κ3) is 3.00. The van der Waals surface area contributed by atoms with Gasteiger partial charge in [-0.3, -0.25) is 4.79 Å². The Labute approximate surface area is 109 Å². The number of ether oxygens (including phenoxy) is 1. The SMILES string of the molecule is CC(C)n1ncnc1COc1coc(CO)cc1=O. The first-order chi connectivity index (χ1) is 9.11. The van der Waals surface area contributed by atoms with E-state index in [-0.39, 0.29) is 36.2 Å². The number of hydrogen-bond acceptors (Lipinski definition) is 6. The van der Waals surface area contributed by atoms with Gasteiger partial charge in [0.1, 0.15) is 31.6 Å². The highest BCUT2D eigenvalue weighted by molar-refractivity contribution is 5.17. The molecule has 0 saturated heterocycles. The average molecular weight is 265 g/mol. The number of nitrogens with zero attached hydrogens (tertiary/aromatic N) is 3. The fraction of sp³-hybridized carbons (Fsp3) is 0.417. The van der Waals surface area contributed by atoms with Crippen molar-refractivity contribution < 1.29 is 14.3 Å². The minimum absolute atomic E-state index is 0.0792. The molecule has 2 heterocycles. The molecule has 1 N–H and O–H groups in total.